The number of fused-ring (bicyclic) bond motifs is 2. The van der Waals surface area contributed by atoms with Gasteiger partial charge in [-0.3, -0.25) is 19.3 Å². The molecule has 0 saturated carbocycles. The summed E-state index contributed by atoms with van der Waals surface area (Å²) in [5.74, 6) is -2.30. The molecule has 3 fully saturated rings. The van der Waals surface area contributed by atoms with Crippen LogP contribution in [-0.4, -0.2) is 59.9 Å². The number of hydrogen-bond acceptors (Lipinski definition) is 6. The van der Waals surface area contributed by atoms with Crippen molar-refractivity contribution in [2.45, 2.75) is 49.6 Å². The molecule has 1 N–H and O–H groups in total. The van der Waals surface area contributed by atoms with Gasteiger partial charge in [0.2, 0.25) is 21.8 Å². The first-order valence-corrected chi connectivity index (χ1v) is 14.7. The number of sulfonamides is 1. The van der Waals surface area contributed by atoms with Crippen LogP contribution in [0.25, 0.3) is 6.08 Å². The number of likely N-dealkylation sites (tertiary alicyclic amines) is 1. The lowest BCUT2D eigenvalue weighted by Gasteiger charge is -2.62. The molecule has 1 aliphatic carbocycles. The van der Waals surface area contributed by atoms with E-state index in [1.165, 1.54) is 0 Å². The van der Waals surface area contributed by atoms with Gasteiger partial charge in [-0.15, -0.1) is 0 Å². The highest BCUT2D eigenvalue weighted by atomic mass is 32.2. The van der Waals surface area contributed by atoms with Crippen molar-refractivity contribution in [3.63, 3.8) is 0 Å². The summed E-state index contributed by atoms with van der Waals surface area (Å²) in [6.07, 6.45) is 5.04. The maximum atomic E-state index is 13.9. The minimum Gasteiger partial charge on any atom is -0.346 e. The first-order chi connectivity index (χ1) is 18.2. The highest BCUT2D eigenvalue weighted by Crippen LogP contribution is 2.62. The minimum absolute atomic E-state index is 0.0524. The van der Waals surface area contributed by atoms with Gasteiger partial charge in [-0.1, -0.05) is 73.7 Å². The van der Waals surface area contributed by atoms with Crippen molar-refractivity contribution in [2.24, 2.45) is 11.8 Å². The Morgan fingerprint density at radius 1 is 1.08 bits per heavy atom. The molecule has 1 spiro atoms. The first kappa shape index (κ1) is 25.0. The number of piperidine rings is 1. The number of benzene rings is 2. The Kier molecular flexibility index (Phi) is 6.03. The Bertz CT molecular complexity index is 1440. The number of hydrogen-bond donors (Lipinski definition) is 1. The maximum Gasteiger partial charge on any atom is 0.248 e. The monoisotopic (exact) mass is 533 g/mol. The summed E-state index contributed by atoms with van der Waals surface area (Å²) in [4.78, 5) is 42.3. The SMILES string of the molecule is CC1CC(C(=O)N[C@H]2CCCN(Cc3ccccc3)CC2=O)C23C=Cc4ccccc4C2S(=O)(=O)N3C1=O. The summed E-state index contributed by atoms with van der Waals surface area (Å²) in [6.45, 7) is 3.31. The highest BCUT2D eigenvalue weighted by Gasteiger charge is 2.74. The van der Waals surface area contributed by atoms with E-state index in [-0.39, 0.29) is 24.7 Å². The Hall–Kier alpha value is -3.30. The third-order valence-electron chi connectivity index (χ3n) is 8.52. The zero-order valence-corrected chi connectivity index (χ0v) is 22.1. The van der Waals surface area contributed by atoms with Gasteiger partial charge in [0.15, 0.2) is 5.78 Å². The van der Waals surface area contributed by atoms with Gasteiger partial charge in [-0.05, 0) is 42.5 Å². The first-order valence-electron chi connectivity index (χ1n) is 13.2. The standard InChI is InChI=1S/C29H31N3O5S/c1-19-16-23(27(34)30-24-12-7-15-31(18-25(24)33)17-20-8-3-2-4-9-20)29-14-13-21-10-5-6-11-22(21)26(29)38(36,37)32(29)28(19)35/h2-6,8-11,13-14,19,23-24,26H,7,12,15-18H2,1H3,(H,30,34)/t19?,23?,24-,26?,29?/m0/s1. The van der Waals surface area contributed by atoms with Gasteiger partial charge < -0.3 is 5.32 Å². The van der Waals surface area contributed by atoms with Gasteiger partial charge in [0.25, 0.3) is 0 Å². The molecule has 2 aromatic carbocycles. The van der Waals surface area contributed by atoms with E-state index in [0.29, 0.717) is 18.5 Å². The Morgan fingerprint density at radius 2 is 1.82 bits per heavy atom. The predicted octanol–water partition coefficient (Wildman–Crippen LogP) is 2.67. The molecule has 9 heteroatoms. The van der Waals surface area contributed by atoms with Crippen LogP contribution in [0.4, 0.5) is 0 Å². The van der Waals surface area contributed by atoms with Gasteiger partial charge in [0.05, 0.1) is 18.5 Å². The lowest BCUT2D eigenvalue weighted by molar-refractivity contribution is -0.149. The lowest BCUT2D eigenvalue weighted by Crippen LogP contribution is -2.78. The van der Waals surface area contributed by atoms with Crippen molar-refractivity contribution in [2.75, 3.05) is 13.1 Å². The largest absolute Gasteiger partial charge is 0.346 e. The second-order valence-corrected chi connectivity index (χ2v) is 12.8. The molecular weight excluding hydrogens is 502 g/mol. The third kappa shape index (κ3) is 3.74. The van der Waals surface area contributed by atoms with Crippen molar-refractivity contribution in [3.05, 3.63) is 77.4 Å². The fraction of sp³-hybridized carbons (Fsp3) is 0.414. The third-order valence-corrected chi connectivity index (χ3v) is 10.8. The predicted molar refractivity (Wildman–Crippen MR) is 142 cm³/mol. The van der Waals surface area contributed by atoms with E-state index in [0.717, 1.165) is 28.4 Å². The summed E-state index contributed by atoms with van der Waals surface area (Å²) >= 11 is 0. The molecule has 0 bridgehead atoms. The van der Waals surface area contributed by atoms with Crippen molar-refractivity contribution in [3.8, 4) is 0 Å². The summed E-state index contributed by atoms with van der Waals surface area (Å²) in [7, 11) is -3.96. The molecule has 3 heterocycles. The molecule has 2 amide bonds. The quantitative estimate of drug-likeness (QED) is 0.648. The van der Waals surface area contributed by atoms with Gasteiger partial charge in [0.1, 0.15) is 10.8 Å². The minimum atomic E-state index is -3.96. The van der Waals surface area contributed by atoms with Gasteiger partial charge >= 0.3 is 0 Å². The van der Waals surface area contributed by atoms with Crippen LogP contribution in [0.15, 0.2) is 60.7 Å². The second-order valence-electron chi connectivity index (χ2n) is 10.9. The van der Waals surface area contributed by atoms with Crippen LogP contribution in [0.1, 0.15) is 48.1 Å². The van der Waals surface area contributed by atoms with Crippen LogP contribution in [0.2, 0.25) is 0 Å². The van der Waals surface area contributed by atoms with E-state index >= 15 is 0 Å². The van der Waals surface area contributed by atoms with Crippen LogP contribution in [-0.2, 0) is 31.0 Å². The summed E-state index contributed by atoms with van der Waals surface area (Å²) in [5, 5.41) is 1.98. The number of nitrogens with one attached hydrogen (secondary N) is 1. The molecule has 4 unspecified atom stereocenters. The Balaban J connectivity index is 1.26. The van der Waals surface area contributed by atoms with Gasteiger partial charge in [-0.2, -0.15) is 0 Å². The van der Waals surface area contributed by atoms with Crippen LogP contribution in [0.3, 0.4) is 0 Å². The van der Waals surface area contributed by atoms with Crippen LogP contribution >= 0.6 is 0 Å². The van der Waals surface area contributed by atoms with E-state index in [4.69, 9.17) is 0 Å². The number of nitrogens with zero attached hydrogens (tertiary/aromatic N) is 2. The number of ketones is 1. The average molecular weight is 534 g/mol. The summed E-state index contributed by atoms with van der Waals surface area (Å²) < 4.78 is 27.9. The molecular formula is C29H31N3O5S. The van der Waals surface area contributed by atoms with Crippen LogP contribution in [0, 0.1) is 11.8 Å². The molecule has 3 aliphatic heterocycles. The zero-order chi connectivity index (χ0) is 26.7. The second kappa shape index (κ2) is 9.17. The van der Waals surface area contributed by atoms with Gasteiger partial charge in [-0.25, -0.2) is 12.7 Å². The molecule has 3 saturated heterocycles. The molecule has 0 aromatic heterocycles. The molecule has 2 aromatic rings. The Labute approximate surface area is 222 Å². The van der Waals surface area contributed by atoms with Crippen molar-refractivity contribution in [1.82, 2.24) is 14.5 Å². The number of carbonyl (C=O) groups excluding carboxylic acids is 3. The summed E-state index contributed by atoms with van der Waals surface area (Å²) in [6, 6.07) is 16.5. The number of carbonyl (C=O) groups is 3. The van der Waals surface area contributed by atoms with E-state index in [1.54, 1.807) is 25.1 Å². The topological polar surface area (TPSA) is 104 Å². The maximum absolute atomic E-state index is 13.9. The van der Waals surface area contributed by atoms with Crippen LogP contribution < -0.4 is 5.32 Å². The highest BCUT2D eigenvalue weighted by molar-refractivity contribution is 7.91. The number of amides is 2. The molecule has 0 radical (unpaired) electrons. The normalized spacial score (nSPS) is 31.9. The number of rotatable bonds is 4. The fourth-order valence-electron chi connectivity index (χ4n) is 6.72. The molecule has 4 aliphatic rings. The lowest BCUT2D eigenvalue weighted by atomic mass is 9.67. The van der Waals surface area contributed by atoms with Crippen LogP contribution in [0.5, 0.6) is 0 Å². The zero-order valence-electron chi connectivity index (χ0n) is 21.2. The van der Waals surface area contributed by atoms with E-state index in [2.05, 4.69) is 10.2 Å². The molecule has 6 rings (SSSR count). The average Bonchev–Trinajstić information content (AvgIpc) is 3.06. The Morgan fingerprint density at radius 3 is 2.61 bits per heavy atom. The molecule has 5 atom stereocenters. The molecule has 8 nitrogen and oxygen atoms in total. The molecule has 198 valence electrons. The van der Waals surface area contributed by atoms with Crippen molar-refractivity contribution >= 4 is 33.7 Å². The van der Waals surface area contributed by atoms with Crippen molar-refractivity contribution < 1.29 is 22.8 Å². The fourth-order valence-corrected chi connectivity index (χ4v) is 9.30. The van der Waals surface area contributed by atoms with E-state index in [9.17, 15) is 22.8 Å². The van der Waals surface area contributed by atoms with E-state index in [1.807, 2.05) is 48.5 Å². The molecule has 38 heavy (non-hydrogen) atoms. The van der Waals surface area contributed by atoms with E-state index < -0.39 is 44.6 Å². The smallest absolute Gasteiger partial charge is 0.248 e. The summed E-state index contributed by atoms with van der Waals surface area (Å²) in [5.41, 5.74) is 1.22. The van der Waals surface area contributed by atoms with Crippen molar-refractivity contribution in [1.29, 1.82) is 0 Å². The number of Topliss-reactive ketones (excluding diaryl/α,β-unsaturated/α-hetero) is 1. The van der Waals surface area contributed by atoms with Gasteiger partial charge in [0, 0.05) is 12.5 Å².